The lowest BCUT2D eigenvalue weighted by molar-refractivity contribution is -0.142. The summed E-state index contributed by atoms with van der Waals surface area (Å²) in [4.78, 5) is 34.6. The molecule has 0 saturated heterocycles. The predicted octanol–water partition coefficient (Wildman–Crippen LogP) is 2.09. The van der Waals surface area contributed by atoms with Gasteiger partial charge in [0, 0.05) is 6.08 Å². The van der Waals surface area contributed by atoms with Gasteiger partial charge in [0.15, 0.2) is 6.61 Å². The zero-order valence-corrected chi connectivity index (χ0v) is 12.4. The highest BCUT2D eigenvalue weighted by atomic mass is 16.5. The molecule has 1 rings (SSSR count). The fourth-order valence-electron chi connectivity index (χ4n) is 1.50. The minimum Gasteiger partial charge on any atom is -0.465 e. The van der Waals surface area contributed by atoms with Crippen molar-refractivity contribution in [3.8, 4) is 0 Å². The molecule has 22 heavy (non-hydrogen) atoms. The first kappa shape index (κ1) is 17.2. The molecule has 6 heteroatoms. The average molecular weight is 303 g/mol. The molecule has 0 saturated carbocycles. The van der Waals surface area contributed by atoms with Gasteiger partial charge in [-0.1, -0.05) is 30.4 Å². The highest BCUT2D eigenvalue weighted by Crippen LogP contribution is 2.15. The SMILES string of the molecule is C/C=C/C=C/C(=O)OCC(=O)Nc1ccccc1C(=O)OC. The first-order chi connectivity index (χ1) is 10.6. The van der Waals surface area contributed by atoms with E-state index in [-0.39, 0.29) is 5.56 Å². The van der Waals surface area contributed by atoms with Crippen LogP contribution < -0.4 is 5.32 Å². The van der Waals surface area contributed by atoms with E-state index in [0.717, 1.165) is 0 Å². The largest absolute Gasteiger partial charge is 0.465 e. The zero-order chi connectivity index (χ0) is 16.4. The van der Waals surface area contributed by atoms with Crippen molar-refractivity contribution >= 4 is 23.5 Å². The fourth-order valence-corrected chi connectivity index (χ4v) is 1.50. The summed E-state index contributed by atoms with van der Waals surface area (Å²) in [5.74, 6) is -1.75. The molecular weight excluding hydrogens is 286 g/mol. The Morgan fingerprint density at radius 3 is 2.59 bits per heavy atom. The second kappa shape index (κ2) is 9.12. The Labute approximate surface area is 128 Å². The van der Waals surface area contributed by atoms with Crippen LogP contribution in [0.3, 0.4) is 0 Å². The summed E-state index contributed by atoms with van der Waals surface area (Å²) in [6, 6.07) is 6.38. The predicted molar refractivity (Wildman–Crippen MR) is 81.3 cm³/mol. The van der Waals surface area contributed by atoms with Crippen molar-refractivity contribution in [3.05, 3.63) is 54.1 Å². The molecule has 116 valence electrons. The monoisotopic (exact) mass is 303 g/mol. The molecule has 0 aliphatic rings. The number of esters is 2. The van der Waals surface area contributed by atoms with E-state index in [4.69, 9.17) is 4.74 Å². The number of hydrogen-bond acceptors (Lipinski definition) is 5. The van der Waals surface area contributed by atoms with Gasteiger partial charge in [0.1, 0.15) is 0 Å². The molecule has 0 radical (unpaired) electrons. The maximum absolute atomic E-state index is 11.7. The van der Waals surface area contributed by atoms with Crippen LogP contribution in [0, 0.1) is 0 Å². The summed E-state index contributed by atoms with van der Waals surface area (Å²) < 4.78 is 9.38. The second-order valence-corrected chi connectivity index (χ2v) is 4.08. The van der Waals surface area contributed by atoms with Crippen molar-refractivity contribution in [1.29, 1.82) is 0 Å². The van der Waals surface area contributed by atoms with E-state index in [9.17, 15) is 14.4 Å². The Bertz CT molecular complexity index is 604. The first-order valence-corrected chi connectivity index (χ1v) is 6.51. The topological polar surface area (TPSA) is 81.7 Å². The quantitative estimate of drug-likeness (QED) is 0.494. The van der Waals surface area contributed by atoms with Gasteiger partial charge in [-0.2, -0.15) is 0 Å². The van der Waals surface area contributed by atoms with Crippen molar-refractivity contribution in [2.24, 2.45) is 0 Å². The molecule has 0 unspecified atom stereocenters. The molecule has 0 atom stereocenters. The van der Waals surface area contributed by atoms with Crippen LogP contribution in [0.2, 0.25) is 0 Å². The van der Waals surface area contributed by atoms with E-state index in [1.165, 1.54) is 25.3 Å². The number of carbonyl (C=O) groups excluding carboxylic acids is 3. The smallest absolute Gasteiger partial charge is 0.339 e. The van der Waals surface area contributed by atoms with Crippen molar-refractivity contribution in [3.63, 3.8) is 0 Å². The van der Waals surface area contributed by atoms with Crippen LogP contribution in [0.5, 0.6) is 0 Å². The van der Waals surface area contributed by atoms with Gasteiger partial charge in [0.2, 0.25) is 0 Å². The van der Waals surface area contributed by atoms with Gasteiger partial charge in [-0.3, -0.25) is 4.79 Å². The number of ether oxygens (including phenoxy) is 2. The molecule has 0 bridgehead atoms. The Hall–Kier alpha value is -2.89. The van der Waals surface area contributed by atoms with Gasteiger partial charge < -0.3 is 14.8 Å². The van der Waals surface area contributed by atoms with Crippen LogP contribution in [0.4, 0.5) is 5.69 Å². The van der Waals surface area contributed by atoms with Gasteiger partial charge in [-0.05, 0) is 19.1 Å². The van der Waals surface area contributed by atoms with Crippen LogP contribution in [-0.4, -0.2) is 31.6 Å². The number of anilines is 1. The van der Waals surface area contributed by atoms with E-state index < -0.39 is 24.5 Å². The molecule has 1 amide bonds. The lowest BCUT2D eigenvalue weighted by Crippen LogP contribution is -2.21. The Morgan fingerprint density at radius 2 is 1.91 bits per heavy atom. The molecular formula is C16H17NO5. The third-order valence-electron chi connectivity index (χ3n) is 2.49. The van der Waals surface area contributed by atoms with Gasteiger partial charge in [0.05, 0.1) is 18.4 Å². The summed E-state index contributed by atoms with van der Waals surface area (Å²) in [5, 5.41) is 2.49. The molecule has 0 fully saturated rings. The number of para-hydroxylation sites is 1. The molecule has 0 spiro atoms. The average Bonchev–Trinajstić information content (AvgIpc) is 2.53. The van der Waals surface area contributed by atoms with Crippen molar-refractivity contribution in [2.75, 3.05) is 19.0 Å². The van der Waals surface area contributed by atoms with Gasteiger partial charge >= 0.3 is 11.9 Å². The number of carbonyl (C=O) groups is 3. The number of hydrogen-bond donors (Lipinski definition) is 1. The van der Waals surface area contributed by atoms with E-state index >= 15 is 0 Å². The Kier molecular flexibility index (Phi) is 7.12. The minimum absolute atomic E-state index is 0.220. The van der Waals surface area contributed by atoms with Crippen molar-refractivity contribution in [2.45, 2.75) is 6.92 Å². The number of amides is 1. The third kappa shape index (κ3) is 5.62. The van der Waals surface area contributed by atoms with Crippen molar-refractivity contribution in [1.82, 2.24) is 0 Å². The summed E-state index contributed by atoms with van der Waals surface area (Å²) in [5.41, 5.74) is 0.512. The van der Waals surface area contributed by atoms with Gasteiger partial charge in [-0.15, -0.1) is 0 Å². The number of rotatable bonds is 6. The van der Waals surface area contributed by atoms with Gasteiger partial charge in [-0.25, -0.2) is 9.59 Å². The maximum atomic E-state index is 11.7. The standard InChI is InChI=1S/C16H17NO5/c1-3-4-5-10-15(19)22-11-14(18)17-13-9-7-6-8-12(13)16(20)21-2/h3-10H,11H2,1-2H3,(H,17,18)/b4-3+,10-5+. The van der Waals surface area contributed by atoms with Crippen LogP contribution in [0.15, 0.2) is 48.6 Å². The van der Waals surface area contributed by atoms with E-state index in [0.29, 0.717) is 5.69 Å². The first-order valence-electron chi connectivity index (χ1n) is 6.51. The van der Waals surface area contributed by atoms with Gasteiger partial charge in [0.25, 0.3) is 5.91 Å². The molecule has 0 aromatic heterocycles. The highest BCUT2D eigenvalue weighted by molar-refractivity contribution is 6.02. The molecule has 0 heterocycles. The molecule has 1 N–H and O–H groups in total. The number of benzene rings is 1. The summed E-state index contributed by atoms with van der Waals surface area (Å²) in [6.45, 7) is 1.36. The molecule has 0 aliphatic carbocycles. The van der Waals surface area contributed by atoms with E-state index in [2.05, 4.69) is 10.1 Å². The van der Waals surface area contributed by atoms with Crippen LogP contribution in [0.25, 0.3) is 0 Å². The lowest BCUT2D eigenvalue weighted by atomic mass is 10.2. The summed E-state index contributed by atoms with van der Waals surface area (Å²) in [7, 11) is 1.25. The third-order valence-corrected chi connectivity index (χ3v) is 2.49. The minimum atomic E-state index is -0.630. The number of nitrogens with one attached hydrogen (secondary N) is 1. The second-order valence-electron chi connectivity index (χ2n) is 4.08. The number of methoxy groups -OCH3 is 1. The lowest BCUT2D eigenvalue weighted by Gasteiger charge is -2.09. The van der Waals surface area contributed by atoms with E-state index in [1.54, 1.807) is 30.4 Å². The molecule has 1 aromatic carbocycles. The van der Waals surface area contributed by atoms with E-state index in [1.807, 2.05) is 6.92 Å². The molecule has 1 aromatic rings. The number of allylic oxidation sites excluding steroid dienone is 3. The molecule has 0 aliphatic heterocycles. The van der Waals surface area contributed by atoms with Crippen LogP contribution in [0.1, 0.15) is 17.3 Å². The van der Waals surface area contributed by atoms with Crippen LogP contribution >= 0.6 is 0 Å². The Morgan fingerprint density at radius 1 is 1.18 bits per heavy atom. The summed E-state index contributed by atoms with van der Waals surface area (Å²) >= 11 is 0. The zero-order valence-electron chi connectivity index (χ0n) is 12.4. The van der Waals surface area contributed by atoms with Crippen molar-refractivity contribution < 1.29 is 23.9 Å². The maximum Gasteiger partial charge on any atom is 0.339 e. The van der Waals surface area contributed by atoms with Crippen LogP contribution in [-0.2, 0) is 19.1 Å². The molecule has 6 nitrogen and oxygen atoms in total. The normalized spacial score (nSPS) is 10.6. The highest BCUT2D eigenvalue weighted by Gasteiger charge is 2.13. The fraction of sp³-hybridized carbons (Fsp3) is 0.188. The summed E-state index contributed by atoms with van der Waals surface area (Å²) in [6.07, 6.45) is 6.12. The Balaban J connectivity index is 2.59.